The van der Waals surface area contributed by atoms with Crippen LogP contribution >= 0.6 is 0 Å². The molecule has 0 aliphatic carbocycles. The van der Waals surface area contributed by atoms with Crippen molar-refractivity contribution < 1.29 is 19.0 Å². The number of aromatic carboxylic acids is 1. The molecule has 0 radical (unpaired) electrons. The van der Waals surface area contributed by atoms with Gasteiger partial charge in [0.25, 0.3) is 0 Å². The molecule has 0 amide bonds. The van der Waals surface area contributed by atoms with Crippen molar-refractivity contribution in [2.45, 2.75) is 6.42 Å². The first kappa shape index (κ1) is 13.1. The van der Waals surface area contributed by atoms with Crippen molar-refractivity contribution in [3.63, 3.8) is 0 Å². The first-order chi connectivity index (χ1) is 9.16. The van der Waals surface area contributed by atoms with Gasteiger partial charge in [0.2, 0.25) is 0 Å². The molecule has 3 nitrogen and oxygen atoms in total. The van der Waals surface area contributed by atoms with Crippen LogP contribution in [0.1, 0.15) is 15.9 Å². The molecule has 2 aromatic rings. The van der Waals surface area contributed by atoms with E-state index in [0.29, 0.717) is 24.3 Å². The van der Waals surface area contributed by atoms with Gasteiger partial charge >= 0.3 is 5.97 Å². The van der Waals surface area contributed by atoms with E-state index < -0.39 is 5.97 Å². The lowest BCUT2D eigenvalue weighted by Gasteiger charge is -2.07. The van der Waals surface area contributed by atoms with E-state index in [0.717, 1.165) is 0 Å². The summed E-state index contributed by atoms with van der Waals surface area (Å²) in [6.07, 6.45) is 0.466. The number of ether oxygens (including phenoxy) is 1. The van der Waals surface area contributed by atoms with Gasteiger partial charge in [-0.2, -0.15) is 0 Å². The van der Waals surface area contributed by atoms with Crippen molar-refractivity contribution >= 4 is 5.97 Å². The van der Waals surface area contributed by atoms with E-state index in [1.54, 1.807) is 30.3 Å². The van der Waals surface area contributed by atoms with Crippen LogP contribution in [0.4, 0.5) is 4.39 Å². The third-order valence-corrected chi connectivity index (χ3v) is 2.70. The zero-order valence-corrected chi connectivity index (χ0v) is 10.2. The molecular formula is C15H13FO3. The summed E-state index contributed by atoms with van der Waals surface area (Å²) in [7, 11) is 0. The highest BCUT2D eigenvalue weighted by atomic mass is 19.1. The molecule has 0 aromatic heterocycles. The molecule has 0 fully saturated rings. The predicted molar refractivity (Wildman–Crippen MR) is 69.0 cm³/mol. The summed E-state index contributed by atoms with van der Waals surface area (Å²) >= 11 is 0. The second kappa shape index (κ2) is 6.00. The summed E-state index contributed by atoms with van der Waals surface area (Å²) < 4.78 is 18.8. The van der Waals surface area contributed by atoms with Gasteiger partial charge in [-0.3, -0.25) is 0 Å². The lowest BCUT2D eigenvalue weighted by Crippen LogP contribution is -2.03. The van der Waals surface area contributed by atoms with Gasteiger partial charge in [-0.25, -0.2) is 9.18 Å². The largest absolute Gasteiger partial charge is 0.493 e. The lowest BCUT2D eigenvalue weighted by atomic mass is 10.1. The van der Waals surface area contributed by atoms with Crippen LogP contribution in [-0.2, 0) is 6.42 Å². The third kappa shape index (κ3) is 3.55. The van der Waals surface area contributed by atoms with Crippen molar-refractivity contribution in [1.29, 1.82) is 0 Å². The molecule has 0 saturated carbocycles. The topological polar surface area (TPSA) is 46.5 Å². The van der Waals surface area contributed by atoms with Gasteiger partial charge in [0.1, 0.15) is 11.6 Å². The number of halogens is 1. The molecule has 2 aromatic carbocycles. The number of hydrogen-bond acceptors (Lipinski definition) is 2. The fourth-order valence-corrected chi connectivity index (χ4v) is 1.67. The first-order valence-electron chi connectivity index (χ1n) is 5.86. The molecule has 0 unspecified atom stereocenters. The maximum absolute atomic E-state index is 13.3. The number of rotatable bonds is 5. The summed E-state index contributed by atoms with van der Waals surface area (Å²) in [5, 5.41) is 8.75. The Balaban J connectivity index is 1.89. The Morgan fingerprint density at radius 1 is 1.11 bits per heavy atom. The predicted octanol–water partition coefficient (Wildman–Crippen LogP) is 3.15. The van der Waals surface area contributed by atoms with Crippen molar-refractivity contribution in [3.8, 4) is 5.75 Å². The van der Waals surface area contributed by atoms with Gasteiger partial charge in [0.05, 0.1) is 12.2 Å². The lowest BCUT2D eigenvalue weighted by molar-refractivity contribution is 0.0697. The zero-order valence-electron chi connectivity index (χ0n) is 10.2. The second-order valence-electron chi connectivity index (χ2n) is 4.02. The first-order valence-corrected chi connectivity index (χ1v) is 5.86. The van der Waals surface area contributed by atoms with Crippen molar-refractivity contribution in [2.75, 3.05) is 6.61 Å². The van der Waals surface area contributed by atoms with Crippen molar-refractivity contribution in [1.82, 2.24) is 0 Å². The molecule has 0 bridgehead atoms. The molecule has 98 valence electrons. The Labute approximate surface area is 110 Å². The van der Waals surface area contributed by atoms with Gasteiger partial charge in [-0.1, -0.05) is 18.2 Å². The number of hydrogen-bond donors (Lipinski definition) is 1. The smallest absolute Gasteiger partial charge is 0.335 e. The molecule has 19 heavy (non-hydrogen) atoms. The van der Waals surface area contributed by atoms with Crippen molar-refractivity contribution in [2.24, 2.45) is 0 Å². The number of carboxylic acid groups (broad SMARTS) is 1. The van der Waals surface area contributed by atoms with E-state index in [1.807, 2.05) is 0 Å². The van der Waals surface area contributed by atoms with E-state index >= 15 is 0 Å². The van der Waals surface area contributed by atoms with Crippen LogP contribution in [0.25, 0.3) is 0 Å². The summed E-state index contributed by atoms with van der Waals surface area (Å²) in [5.74, 6) is -0.647. The van der Waals surface area contributed by atoms with Crippen LogP contribution in [0, 0.1) is 5.82 Å². The highest BCUT2D eigenvalue weighted by molar-refractivity contribution is 5.87. The Hall–Kier alpha value is -2.36. The summed E-state index contributed by atoms with van der Waals surface area (Å²) in [5.41, 5.74) is 0.811. The van der Waals surface area contributed by atoms with Crippen LogP contribution in [0.3, 0.4) is 0 Å². The number of benzene rings is 2. The average molecular weight is 260 g/mol. The Morgan fingerprint density at radius 2 is 1.79 bits per heavy atom. The Morgan fingerprint density at radius 3 is 2.42 bits per heavy atom. The minimum atomic E-state index is -0.974. The molecule has 4 heteroatoms. The molecule has 0 saturated heterocycles. The molecule has 2 rings (SSSR count). The quantitative estimate of drug-likeness (QED) is 0.898. The SMILES string of the molecule is O=C(O)c1ccc(OCCc2ccccc2F)cc1. The third-order valence-electron chi connectivity index (χ3n) is 2.70. The van der Waals surface area contributed by atoms with Gasteiger partial charge < -0.3 is 9.84 Å². The zero-order chi connectivity index (χ0) is 13.7. The van der Waals surface area contributed by atoms with Crippen LogP contribution in [-0.4, -0.2) is 17.7 Å². The molecule has 1 N–H and O–H groups in total. The fraction of sp³-hybridized carbons (Fsp3) is 0.133. The minimum Gasteiger partial charge on any atom is -0.493 e. The summed E-state index contributed by atoms with van der Waals surface area (Å²) in [6, 6.07) is 12.7. The monoisotopic (exact) mass is 260 g/mol. The summed E-state index contributed by atoms with van der Waals surface area (Å²) in [6.45, 7) is 0.341. The normalized spacial score (nSPS) is 10.2. The van der Waals surface area contributed by atoms with Crippen LogP contribution in [0.15, 0.2) is 48.5 Å². The van der Waals surface area contributed by atoms with Crippen molar-refractivity contribution in [3.05, 3.63) is 65.5 Å². The molecule has 0 atom stereocenters. The summed E-state index contributed by atoms with van der Waals surface area (Å²) in [4.78, 5) is 10.7. The van der Waals surface area contributed by atoms with Crippen LogP contribution in [0.5, 0.6) is 5.75 Å². The Kier molecular flexibility index (Phi) is 4.13. The highest BCUT2D eigenvalue weighted by Crippen LogP contribution is 2.13. The maximum atomic E-state index is 13.3. The fourth-order valence-electron chi connectivity index (χ4n) is 1.67. The van der Waals surface area contributed by atoms with E-state index in [9.17, 15) is 9.18 Å². The van der Waals surface area contributed by atoms with E-state index in [-0.39, 0.29) is 11.4 Å². The van der Waals surface area contributed by atoms with Crippen LogP contribution < -0.4 is 4.74 Å². The van der Waals surface area contributed by atoms with E-state index in [4.69, 9.17) is 9.84 Å². The molecule has 0 heterocycles. The van der Waals surface area contributed by atoms with Gasteiger partial charge in [-0.15, -0.1) is 0 Å². The van der Waals surface area contributed by atoms with E-state index in [1.165, 1.54) is 18.2 Å². The molecule has 0 spiro atoms. The maximum Gasteiger partial charge on any atom is 0.335 e. The molecule has 0 aliphatic heterocycles. The number of carbonyl (C=O) groups is 1. The van der Waals surface area contributed by atoms with Crippen LogP contribution in [0.2, 0.25) is 0 Å². The van der Waals surface area contributed by atoms with Gasteiger partial charge in [0.15, 0.2) is 0 Å². The van der Waals surface area contributed by atoms with E-state index in [2.05, 4.69) is 0 Å². The number of carboxylic acids is 1. The van der Waals surface area contributed by atoms with Gasteiger partial charge in [0, 0.05) is 6.42 Å². The standard InChI is InChI=1S/C15H13FO3/c16-14-4-2-1-3-11(14)9-10-19-13-7-5-12(6-8-13)15(17)18/h1-8H,9-10H2,(H,17,18). The second-order valence-corrected chi connectivity index (χ2v) is 4.02. The minimum absolute atomic E-state index is 0.210. The Bertz CT molecular complexity index is 564. The highest BCUT2D eigenvalue weighted by Gasteiger charge is 2.03. The molecular weight excluding hydrogens is 247 g/mol. The van der Waals surface area contributed by atoms with Gasteiger partial charge in [-0.05, 0) is 35.9 Å². The molecule has 0 aliphatic rings. The average Bonchev–Trinajstić information content (AvgIpc) is 2.41.